The number of carbonyl (C=O) groups excluding carboxylic acids is 1. The number of halogens is 1. The van der Waals surface area contributed by atoms with Crippen LogP contribution in [0.15, 0.2) is 65.8 Å². The standard InChI is InChI=1S/C22H24ClN3O4S/c1-4-30-22(27)17-13-24-25(15-17)21-12-18(23)10-11-20(21)26(14-16(2)3)31(28,29)19-8-6-5-7-9-19/h5-13,15-16H,4,14H2,1-3H3. The van der Waals surface area contributed by atoms with Gasteiger partial charge in [0.15, 0.2) is 0 Å². The molecule has 1 aromatic heterocycles. The van der Waals surface area contributed by atoms with Gasteiger partial charge in [0.25, 0.3) is 10.0 Å². The van der Waals surface area contributed by atoms with Crippen molar-refractivity contribution in [1.82, 2.24) is 9.78 Å². The molecule has 0 saturated heterocycles. The van der Waals surface area contributed by atoms with E-state index in [2.05, 4.69) is 5.10 Å². The van der Waals surface area contributed by atoms with Gasteiger partial charge < -0.3 is 4.74 Å². The van der Waals surface area contributed by atoms with Crippen LogP contribution in [-0.2, 0) is 14.8 Å². The molecule has 0 aliphatic heterocycles. The van der Waals surface area contributed by atoms with E-state index in [1.54, 1.807) is 55.5 Å². The Kier molecular flexibility index (Phi) is 7.02. The van der Waals surface area contributed by atoms with Crippen LogP contribution in [0.1, 0.15) is 31.1 Å². The first-order chi connectivity index (χ1) is 14.7. The fourth-order valence-corrected chi connectivity index (χ4v) is 4.87. The summed E-state index contributed by atoms with van der Waals surface area (Å²) in [7, 11) is -3.85. The summed E-state index contributed by atoms with van der Waals surface area (Å²) in [6.45, 7) is 6.09. The molecule has 7 nitrogen and oxygen atoms in total. The second kappa shape index (κ2) is 9.53. The van der Waals surface area contributed by atoms with Crippen molar-refractivity contribution in [2.24, 2.45) is 5.92 Å². The van der Waals surface area contributed by atoms with Gasteiger partial charge in [-0.15, -0.1) is 0 Å². The van der Waals surface area contributed by atoms with E-state index in [9.17, 15) is 13.2 Å². The molecule has 1 heterocycles. The predicted octanol–water partition coefficient (Wildman–Crippen LogP) is 4.55. The third kappa shape index (κ3) is 5.08. The van der Waals surface area contributed by atoms with Crippen molar-refractivity contribution < 1.29 is 17.9 Å². The van der Waals surface area contributed by atoms with Gasteiger partial charge in [-0.2, -0.15) is 5.10 Å². The Morgan fingerprint density at radius 3 is 2.55 bits per heavy atom. The highest BCUT2D eigenvalue weighted by atomic mass is 35.5. The Bertz CT molecular complexity index is 1160. The molecule has 0 aliphatic carbocycles. The van der Waals surface area contributed by atoms with Gasteiger partial charge in [-0.05, 0) is 43.2 Å². The Morgan fingerprint density at radius 2 is 1.90 bits per heavy atom. The van der Waals surface area contributed by atoms with Crippen LogP contribution < -0.4 is 4.31 Å². The second-order valence-corrected chi connectivity index (χ2v) is 9.57. The first-order valence-corrected chi connectivity index (χ1v) is 11.6. The third-order valence-corrected chi connectivity index (χ3v) is 6.44. The Hall–Kier alpha value is -2.84. The fraction of sp³-hybridized carbons (Fsp3) is 0.273. The number of rotatable bonds is 8. The van der Waals surface area contributed by atoms with E-state index >= 15 is 0 Å². The molecule has 164 valence electrons. The van der Waals surface area contributed by atoms with E-state index in [-0.39, 0.29) is 29.5 Å². The molecule has 0 N–H and O–H groups in total. The molecule has 0 saturated carbocycles. The first-order valence-electron chi connectivity index (χ1n) is 9.83. The summed E-state index contributed by atoms with van der Waals surface area (Å²) in [5.41, 5.74) is 1.10. The number of nitrogens with zero attached hydrogens (tertiary/aromatic N) is 3. The number of carbonyl (C=O) groups is 1. The highest BCUT2D eigenvalue weighted by Gasteiger charge is 2.28. The van der Waals surface area contributed by atoms with Crippen LogP contribution in [0.25, 0.3) is 5.69 Å². The summed E-state index contributed by atoms with van der Waals surface area (Å²) in [5.74, 6) is -0.456. The zero-order chi connectivity index (χ0) is 22.6. The lowest BCUT2D eigenvalue weighted by molar-refractivity contribution is 0.0526. The number of esters is 1. The van der Waals surface area contributed by atoms with Crippen molar-refractivity contribution in [2.75, 3.05) is 17.5 Å². The molecular weight excluding hydrogens is 438 g/mol. The number of ether oxygens (including phenoxy) is 1. The SMILES string of the molecule is CCOC(=O)c1cnn(-c2cc(Cl)ccc2N(CC(C)C)S(=O)(=O)c2ccccc2)c1. The first kappa shape index (κ1) is 22.8. The Labute approximate surface area is 187 Å². The summed E-state index contributed by atoms with van der Waals surface area (Å²) in [6.07, 6.45) is 2.87. The fourth-order valence-electron chi connectivity index (χ4n) is 3.04. The quantitative estimate of drug-likeness (QED) is 0.459. The maximum absolute atomic E-state index is 13.5. The molecule has 0 unspecified atom stereocenters. The molecular formula is C22H24ClN3O4S. The second-order valence-electron chi connectivity index (χ2n) is 7.27. The summed E-state index contributed by atoms with van der Waals surface area (Å²) < 4.78 is 34.9. The van der Waals surface area contributed by atoms with Gasteiger partial charge in [0.1, 0.15) is 0 Å². The smallest absolute Gasteiger partial charge is 0.341 e. The van der Waals surface area contributed by atoms with Crippen LogP contribution in [0, 0.1) is 5.92 Å². The molecule has 0 aliphatic rings. The van der Waals surface area contributed by atoms with Crippen LogP contribution in [-0.4, -0.2) is 37.3 Å². The molecule has 0 spiro atoms. The van der Waals surface area contributed by atoms with Crippen molar-refractivity contribution >= 4 is 33.3 Å². The molecule has 0 bridgehead atoms. The highest BCUT2D eigenvalue weighted by Crippen LogP contribution is 2.32. The lowest BCUT2D eigenvalue weighted by Gasteiger charge is -2.28. The minimum Gasteiger partial charge on any atom is -0.462 e. The number of sulfonamides is 1. The van der Waals surface area contributed by atoms with Gasteiger partial charge >= 0.3 is 5.97 Å². The van der Waals surface area contributed by atoms with Crippen LogP contribution in [0.2, 0.25) is 5.02 Å². The topological polar surface area (TPSA) is 81.5 Å². The zero-order valence-corrected chi connectivity index (χ0v) is 19.1. The van der Waals surface area contributed by atoms with E-state index in [0.29, 0.717) is 16.4 Å². The van der Waals surface area contributed by atoms with Crippen LogP contribution in [0.3, 0.4) is 0 Å². The van der Waals surface area contributed by atoms with Gasteiger partial charge in [-0.25, -0.2) is 17.9 Å². The molecule has 3 aromatic rings. The molecule has 0 amide bonds. The minimum atomic E-state index is -3.85. The van der Waals surface area contributed by atoms with E-state index in [1.165, 1.54) is 21.4 Å². The molecule has 3 rings (SSSR count). The van der Waals surface area contributed by atoms with Crippen LogP contribution >= 0.6 is 11.6 Å². The normalized spacial score (nSPS) is 11.5. The molecule has 0 atom stereocenters. The van der Waals surface area contributed by atoms with Gasteiger partial charge in [-0.3, -0.25) is 4.31 Å². The van der Waals surface area contributed by atoms with Crippen molar-refractivity contribution in [2.45, 2.75) is 25.7 Å². The summed E-state index contributed by atoms with van der Waals surface area (Å²) in [6, 6.07) is 13.1. The molecule has 31 heavy (non-hydrogen) atoms. The van der Waals surface area contributed by atoms with E-state index in [4.69, 9.17) is 16.3 Å². The average Bonchev–Trinajstić information content (AvgIpc) is 3.23. The Morgan fingerprint density at radius 1 is 1.19 bits per heavy atom. The van der Waals surface area contributed by atoms with Gasteiger partial charge in [0.2, 0.25) is 0 Å². The molecule has 9 heteroatoms. The number of anilines is 1. The summed E-state index contributed by atoms with van der Waals surface area (Å²) in [4.78, 5) is 12.2. The molecule has 0 radical (unpaired) electrons. The number of benzene rings is 2. The predicted molar refractivity (Wildman–Crippen MR) is 120 cm³/mol. The van der Waals surface area contributed by atoms with E-state index < -0.39 is 16.0 Å². The van der Waals surface area contributed by atoms with Crippen molar-refractivity contribution in [3.63, 3.8) is 0 Å². The lowest BCUT2D eigenvalue weighted by Crippen LogP contribution is -2.35. The van der Waals surface area contributed by atoms with Crippen molar-refractivity contribution in [3.8, 4) is 5.69 Å². The van der Waals surface area contributed by atoms with E-state index in [1.807, 2.05) is 13.8 Å². The molecule has 2 aromatic carbocycles. The number of hydrogen-bond donors (Lipinski definition) is 0. The number of aromatic nitrogens is 2. The largest absolute Gasteiger partial charge is 0.462 e. The van der Waals surface area contributed by atoms with Gasteiger partial charge in [-0.1, -0.05) is 43.6 Å². The summed E-state index contributed by atoms with van der Waals surface area (Å²) >= 11 is 6.23. The highest BCUT2D eigenvalue weighted by molar-refractivity contribution is 7.92. The zero-order valence-electron chi connectivity index (χ0n) is 17.5. The van der Waals surface area contributed by atoms with E-state index in [0.717, 1.165) is 0 Å². The Balaban J connectivity index is 2.15. The maximum Gasteiger partial charge on any atom is 0.341 e. The maximum atomic E-state index is 13.5. The number of hydrogen-bond acceptors (Lipinski definition) is 5. The van der Waals surface area contributed by atoms with Crippen LogP contribution in [0.5, 0.6) is 0 Å². The van der Waals surface area contributed by atoms with Gasteiger partial charge in [0.05, 0.1) is 34.6 Å². The summed E-state index contributed by atoms with van der Waals surface area (Å²) in [5, 5.41) is 4.65. The monoisotopic (exact) mass is 461 g/mol. The van der Waals surface area contributed by atoms with Crippen molar-refractivity contribution in [3.05, 3.63) is 71.5 Å². The lowest BCUT2D eigenvalue weighted by atomic mass is 10.2. The average molecular weight is 462 g/mol. The van der Waals surface area contributed by atoms with Gasteiger partial charge in [0, 0.05) is 17.8 Å². The van der Waals surface area contributed by atoms with Crippen molar-refractivity contribution in [1.29, 1.82) is 0 Å². The third-order valence-electron chi connectivity index (χ3n) is 4.41. The minimum absolute atomic E-state index is 0.0507. The van der Waals surface area contributed by atoms with Crippen LogP contribution in [0.4, 0.5) is 5.69 Å². The molecule has 0 fully saturated rings.